The molecule has 0 spiro atoms. The lowest BCUT2D eigenvalue weighted by Crippen LogP contribution is -2.14. The molecular weight excluding hydrogens is 552 g/mol. The molecule has 266 valence electrons. The second-order valence-electron chi connectivity index (χ2n) is 12.5. The second-order valence-corrected chi connectivity index (χ2v) is 12.5. The van der Waals surface area contributed by atoms with Gasteiger partial charge in [0.15, 0.2) is 0 Å². The average Bonchev–Trinajstić information content (AvgIpc) is 3.04. The normalized spacial score (nSPS) is 11.6. The molecule has 44 heavy (non-hydrogen) atoms. The van der Waals surface area contributed by atoms with Crippen molar-refractivity contribution in [3.05, 3.63) is 0 Å². The predicted molar refractivity (Wildman–Crippen MR) is 187 cm³/mol. The topological polar surface area (TPSA) is 55.4 Å². The van der Waals surface area contributed by atoms with E-state index in [-0.39, 0.29) is 0 Å². The van der Waals surface area contributed by atoms with Crippen molar-refractivity contribution in [2.24, 2.45) is 0 Å². The van der Waals surface area contributed by atoms with Crippen LogP contribution in [0.3, 0.4) is 0 Å². The molecule has 0 N–H and O–H groups in total. The van der Waals surface area contributed by atoms with E-state index in [4.69, 9.17) is 28.4 Å². The van der Waals surface area contributed by atoms with Gasteiger partial charge in [0.25, 0.3) is 0 Å². The first-order chi connectivity index (χ1) is 21.9. The summed E-state index contributed by atoms with van der Waals surface area (Å²) in [5, 5.41) is 0. The zero-order chi connectivity index (χ0) is 31.7. The van der Waals surface area contributed by atoms with Crippen LogP contribution >= 0.6 is 0 Å². The fourth-order valence-electron chi connectivity index (χ4n) is 5.29. The second kappa shape index (κ2) is 42.8. The van der Waals surface area contributed by atoms with Crippen LogP contribution in [0.5, 0.6) is 0 Å². The van der Waals surface area contributed by atoms with Crippen LogP contribution in [-0.2, 0) is 28.4 Å². The van der Waals surface area contributed by atoms with Gasteiger partial charge in [-0.15, -0.1) is 0 Å². The lowest BCUT2D eigenvalue weighted by molar-refractivity contribution is -0.0169. The molecule has 0 bridgehead atoms. The number of unbranched alkanes of at least 4 members (excludes halogenated alkanes) is 22. The molecule has 0 saturated heterocycles. The fraction of sp³-hybridized carbons (Fsp3) is 1.00. The van der Waals surface area contributed by atoms with Gasteiger partial charge in [-0.2, -0.15) is 0 Å². The van der Waals surface area contributed by atoms with E-state index in [0.29, 0.717) is 66.1 Å². The van der Waals surface area contributed by atoms with Crippen molar-refractivity contribution in [2.75, 3.05) is 79.3 Å². The van der Waals surface area contributed by atoms with Crippen molar-refractivity contribution < 1.29 is 28.4 Å². The summed E-state index contributed by atoms with van der Waals surface area (Å²) in [5.41, 5.74) is 0. The molecule has 0 heterocycles. The summed E-state index contributed by atoms with van der Waals surface area (Å²) in [7, 11) is 0. The van der Waals surface area contributed by atoms with Crippen LogP contribution in [0.15, 0.2) is 0 Å². The van der Waals surface area contributed by atoms with Gasteiger partial charge in [0.05, 0.1) is 66.1 Å². The number of rotatable bonds is 41. The van der Waals surface area contributed by atoms with Gasteiger partial charge >= 0.3 is 0 Å². The Bertz CT molecular complexity index is 436. The Kier molecular flexibility index (Phi) is 42.5. The van der Waals surface area contributed by atoms with E-state index >= 15 is 0 Å². The molecule has 0 aromatic heterocycles. The third-order valence-electron chi connectivity index (χ3n) is 8.14. The maximum atomic E-state index is 5.69. The largest absolute Gasteiger partial charge is 0.379 e. The van der Waals surface area contributed by atoms with E-state index < -0.39 is 0 Å². The van der Waals surface area contributed by atoms with Gasteiger partial charge in [0.2, 0.25) is 0 Å². The van der Waals surface area contributed by atoms with E-state index in [0.717, 1.165) is 19.6 Å². The van der Waals surface area contributed by atoms with Gasteiger partial charge in [0.1, 0.15) is 0 Å². The number of hydrogen-bond acceptors (Lipinski definition) is 6. The van der Waals surface area contributed by atoms with Crippen molar-refractivity contribution in [3.63, 3.8) is 0 Å². The zero-order valence-corrected chi connectivity index (χ0v) is 29.9. The van der Waals surface area contributed by atoms with E-state index in [1.54, 1.807) is 0 Å². The summed E-state index contributed by atoms with van der Waals surface area (Å²) >= 11 is 0. The van der Waals surface area contributed by atoms with E-state index in [1.165, 1.54) is 148 Å². The molecule has 0 fully saturated rings. The first kappa shape index (κ1) is 43.8. The van der Waals surface area contributed by atoms with E-state index in [1.807, 2.05) is 0 Å². The molecule has 0 amide bonds. The lowest BCUT2D eigenvalue weighted by atomic mass is 10.0. The van der Waals surface area contributed by atoms with Crippen LogP contribution in [0.4, 0.5) is 0 Å². The van der Waals surface area contributed by atoms with Crippen LogP contribution in [0, 0.1) is 0 Å². The molecule has 6 heteroatoms. The first-order valence-corrected chi connectivity index (χ1v) is 19.4. The Morgan fingerprint density at radius 2 is 0.341 bits per heavy atom. The highest BCUT2D eigenvalue weighted by Gasteiger charge is 1.97. The Balaban J connectivity index is 3.03. The lowest BCUT2D eigenvalue weighted by Gasteiger charge is -2.08. The van der Waals surface area contributed by atoms with Crippen molar-refractivity contribution >= 4 is 0 Å². The predicted octanol–water partition coefficient (Wildman–Crippen LogP) is 10.5. The average molecular weight is 631 g/mol. The van der Waals surface area contributed by atoms with Crippen LogP contribution < -0.4 is 0 Å². The third-order valence-corrected chi connectivity index (χ3v) is 8.14. The van der Waals surface area contributed by atoms with Crippen molar-refractivity contribution in [1.82, 2.24) is 0 Å². The Labute approximate surface area is 275 Å². The number of hydrogen-bond donors (Lipinski definition) is 0. The van der Waals surface area contributed by atoms with E-state index in [2.05, 4.69) is 13.8 Å². The maximum absolute atomic E-state index is 5.69. The van der Waals surface area contributed by atoms with Gasteiger partial charge in [-0.1, -0.05) is 155 Å². The standard InChI is InChI=1S/C38H78O6/c1-3-5-7-9-11-13-15-16-17-18-20-22-24-26-28-40-30-32-42-34-36-44-38-37-43-35-33-41-31-29-39-27-25-23-21-19-14-12-10-8-6-4-2/h3-38H2,1-2H3. The molecule has 0 atom stereocenters. The van der Waals surface area contributed by atoms with Crippen LogP contribution in [-0.4, -0.2) is 79.3 Å². The minimum absolute atomic E-state index is 0.584. The molecule has 0 aliphatic carbocycles. The molecule has 6 nitrogen and oxygen atoms in total. The highest BCUT2D eigenvalue weighted by atomic mass is 16.6. The van der Waals surface area contributed by atoms with Crippen molar-refractivity contribution in [3.8, 4) is 0 Å². The van der Waals surface area contributed by atoms with E-state index in [9.17, 15) is 0 Å². The third kappa shape index (κ3) is 41.8. The molecule has 0 aliphatic heterocycles. The van der Waals surface area contributed by atoms with Gasteiger partial charge in [-0.05, 0) is 12.8 Å². The Hall–Kier alpha value is -0.240. The minimum atomic E-state index is 0.584. The molecule has 0 aliphatic rings. The summed E-state index contributed by atoms with van der Waals surface area (Å²) in [6.45, 7) is 12.4. The Morgan fingerprint density at radius 3 is 0.545 bits per heavy atom. The smallest absolute Gasteiger partial charge is 0.0701 e. The molecule has 0 aromatic carbocycles. The summed E-state index contributed by atoms with van der Waals surface area (Å²) in [6.07, 6.45) is 33.0. The summed E-state index contributed by atoms with van der Waals surface area (Å²) in [6, 6.07) is 0. The quantitative estimate of drug-likeness (QED) is 0.0627. The SMILES string of the molecule is CCCCCCCCCCCCCCCCOCCOCCOCCOCCOCCOCCCCCCCCCCCC. The van der Waals surface area contributed by atoms with Gasteiger partial charge in [0, 0.05) is 13.2 Å². The molecular formula is C38H78O6. The Morgan fingerprint density at radius 1 is 0.182 bits per heavy atom. The maximum Gasteiger partial charge on any atom is 0.0701 e. The first-order valence-electron chi connectivity index (χ1n) is 19.4. The van der Waals surface area contributed by atoms with Crippen LogP contribution in [0.25, 0.3) is 0 Å². The van der Waals surface area contributed by atoms with Crippen molar-refractivity contribution in [1.29, 1.82) is 0 Å². The monoisotopic (exact) mass is 631 g/mol. The van der Waals surface area contributed by atoms with Gasteiger partial charge in [-0.3, -0.25) is 0 Å². The molecule has 0 saturated carbocycles. The van der Waals surface area contributed by atoms with Crippen LogP contribution in [0.1, 0.15) is 168 Å². The summed E-state index contributed by atoms with van der Waals surface area (Å²) in [5.74, 6) is 0. The summed E-state index contributed by atoms with van der Waals surface area (Å²) < 4.78 is 33.6. The minimum Gasteiger partial charge on any atom is -0.379 e. The van der Waals surface area contributed by atoms with Crippen molar-refractivity contribution in [2.45, 2.75) is 168 Å². The van der Waals surface area contributed by atoms with Gasteiger partial charge < -0.3 is 28.4 Å². The summed E-state index contributed by atoms with van der Waals surface area (Å²) in [4.78, 5) is 0. The number of ether oxygens (including phenoxy) is 6. The zero-order valence-electron chi connectivity index (χ0n) is 29.9. The molecule has 0 radical (unpaired) electrons. The molecule has 0 unspecified atom stereocenters. The fourth-order valence-corrected chi connectivity index (χ4v) is 5.29. The van der Waals surface area contributed by atoms with Crippen LogP contribution in [0.2, 0.25) is 0 Å². The molecule has 0 rings (SSSR count). The molecule has 0 aromatic rings. The van der Waals surface area contributed by atoms with Gasteiger partial charge in [-0.25, -0.2) is 0 Å². The highest BCUT2D eigenvalue weighted by Crippen LogP contribution is 2.13. The highest BCUT2D eigenvalue weighted by molar-refractivity contribution is 4.50.